The standard InChI is InChI=1S/C17H13F2N3O3S/c18-13-6-14(19)8-15(7-13)26(23,24)22-9-12(10-22)17-20-16(21-25-17)11-4-2-1-3-5-11/h1-8,12H,9-10H2. The zero-order valence-corrected chi connectivity index (χ0v) is 14.2. The fourth-order valence-corrected chi connectivity index (χ4v) is 4.30. The summed E-state index contributed by atoms with van der Waals surface area (Å²) in [4.78, 5) is 3.89. The quantitative estimate of drug-likeness (QED) is 0.699. The van der Waals surface area contributed by atoms with E-state index in [1.165, 1.54) is 0 Å². The van der Waals surface area contributed by atoms with Crippen molar-refractivity contribution in [1.82, 2.24) is 14.4 Å². The first-order valence-corrected chi connectivity index (χ1v) is 9.23. The largest absolute Gasteiger partial charge is 0.339 e. The van der Waals surface area contributed by atoms with Crippen LogP contribution >= 0.6 is 0 Å². The Bertz CT molecular complexity index is 1030. The van der Waals surface area contributed by atoms with Crippen LogP contribution in [0.1, 0.15) is 11.8 Å². The van der Waals surface area contributed by atoms with E-state index in [4.69, 9.17) is 4.52 Å². The minimum atomic E-state index is -3.97. The molecule has 0 saturated carbocycles. The Morgan fingerprint density at radius 1 is 1.04 bits per heavy atom. The van der Waals surface area contributed by atoms with E-state index in [-0.39, 0.29) is 19.0 Å². The van der Waals surface area contributed by atoms with Crippen molar-refractivity contribution in [3.05, 3.63) is 66.1 Å². The van der Waals surface area contributed by atoms with Crippen LogP contribution in [0.3, 0.4) is 0 Å². The average Bonchev–Trinajstić information content (AvgIpc) is 3.03. The molecule has 26 heavy (non-hydrogen) atoms. The van der Waals surface area contributed by atoms with Gasteiger partial charge in [0.2, 0.25) is 21.7 Å². The topological polar surface area (TPSA) is 76.3 Å². The molecule has 0 amide bonds. The molecule has 0 radical (unpaired) electrons. The average molecular weight is 377 g/mol. The molecule has 3 aromatic rings. The normalized spacial score (nSPS) is 15.8. The fraction of sp³-hybridized carbons (Fsp3) is 0.176. The second-order valence-corrected chi connectivity index (χ2v) is 7.88. The van der Waals surface area contributed by atoms with E-state index in [0.717, 1.165) is 22.0 Å². The van der Waals surface area contributed by atoms with Crippen LogP contribution in [0.4, 0.5) is 8.78 Å². The first-order chi connectivity index (χ1) is 12.4. The number of benzene rings is 2. The molecule has 6 nitrogen and oxygen atoms in total. The van der Waals surface area contributed by atoms with Gasteiger partial charge in [-0.3, -0.25) is 0 Å². The van der Waals surface area contributed by atoms with Gasteiger partial charge in [0.05, 0.1) is 10.8 Å². The number of hydrogen-bond acceptors (Lipinski definition) is 5. The van der Waals surface area contributed by atoms with Gasteiger partial charge in [-0.05, 0) is 12.1 Å². The van der Waals surface area contributed by atoms with Gasteiger partial charge in [-0.15, -0.1) is 0 Å². The molecule has 0 atom stereocenters. The van der Waals surface area contributed by atoms with Crippen molar-refractivity contribution in [3.63, 3.8) is 0 Å². The second kappa shape index (κ2) is 6.26. The van der Waals surface area contributed by atoms with Gasteiger partial charge in [-0.2, -0.15) is 9.29 Å². The summed E-state index contributed by atoms with van der Waals surface area (Å²) >= 11 is 0. The van der Waals surface area contributed by atoms with Gasteiger partial charge in [-0.1, -0.05) is 35.5 Å². The van der Waals surface area contributed by atoms with Crippen molar-refractivity contribution in [2.24, 2.45) is 0 Å². The number of nitrogens with zero attached hydrogens (tertiary/aromatic N) is 3. The molecule has 1 aromatic heterocycles. The third-order valence-corrected chi connectivity index (χ3v) is 5.95. The molecule has 0 N–H and O–H groups in total. The van der Waals surface area contributed by atoms with Crippen LogP contribution in [-0.2, 0) is 10.0 Å². The Morgan fingerprint density at radius 2 is 1.69 bits per heavy atom. The molecular weight excluding hydrogens is 364 g/mol. The summed E-state index contributed by atoms with van der Waals surface area (Å²) in [6.45, 7) is 0.216. The van der Waals surface area contributed by atoms with E-state index in [1.807, 2.05) is 30.3 Å². The molecular formula is C17H13F2N3O3S. The highest BCUT2D eigenvalue weighted by atomic mass is 32.2. The van der Waals surface area contributed by atoms with Gasteiger partial charge in [-0.25, -0.2) is 17.2 Å². The summed E-state index contributed by atoms with van der Waals surface area (Å²) in [5, 5.41) is 3.90. The summed E-state index contributed by atoms with van der Waals surface area (Å²) in [6, 6.07) is 11.5. The van der Waals surface area contributed by atoms with E-state index < -0.39 is 26.6 Å². The highest BCUT2D eigenvalue weighted by molar-refractivity contribution is 7.89. The van der Waals surface area contributed by atoms with Gasteiger partial charge < -0.3 is 4.52 Å². The number of rotatable bonds is 4. The van der Waals surface area contributed by atoms with Crippen LogP contribution in [0.2, 0.25) is 0 Å². The summed E-state index contributed by atoms with van der Waals surface area (Å²) in [5.41, 5.74) is 0.793. The lowest BCUT2D eigenvalue weighted by molar-refractivity contribution is 0.216. The Hall–Kier alpha value is -2.65. The van der Waals surface area contributed by atoms with Crippen molar-refractivity contribution in [2.75, 3.05) is 13.1 Å². The van der Waals surface area contributed by atoms with Crippen LogP contribution in [0.5, 0.6) is 0 Å². The molecule has 0 unspecified atom stereocenters. The third kappa shape index (κ3) is 2.99. The maximum Gasteiger partial charge on any atom is 0.243 e. The van der Waals surface area contributed by atoms with Gasteiger partial charge in [0.1, 0.15) is 11.6 Å². The molecule has 1 fully saturated rings. The molecule has 0 aliphatic carbocycles. The van der Waals surface area contributed by atoms with Crippen molar-refractivity contribution in [3.8, 4) is 11.4 Å². The summed E-state index contributed by atoms with van der Waals surface area (Å²) in [6.07, 6.45) is 0. The molecule has 2 aromatic carbocycles. The zero-order valence-electron chi connectivity index (χ0n) is 13.3. The highest BCUT2D eigenvalue weighted by Crippen LogP contribution is 2.32. The maximum atomic E-state index is 13.3. The minimum absolute atomic E-state index is 0.108. The monoisotopic (exact) mass is 377 g/mol. The van der Waals surface area contributed by atoms with Crippen molar-refractivity contribution >= 4 is 10.0 Å². The van der Waals surface area contributed by atoms with E-state index in [1.54, 1.807) is 0 Å². The number of sulfonamides is 1. The molecule has 1 aliphatic heterocycles. The van der Waals surface area contributed by atoms with Crippen molar-refractivity contribution < 1.29 is 21.7 Å². The Balaban J connectivity index is 1.49. The summed E-state index contributed by atoms with van der Waals surface area (Å²) in [7, 11) is -3.97. The second-order valence-electron chi connectivity index (χ2n) is 5.95. The minimum Gasteiger partial charge on any atom is -0.339 e. The molecule has 4 rings (SSSR count). The lowest BCUT2D eigenvalue weighted by atomic mass is 10.0. The Labute approximate surface area is 148 Å². The van der Waals surface area contributed by atoms with Crippen LogP contribution in [0, 0.1) is 11.6 Å². The number of hydrogen-bond donors (Lipinski definition) is 0. The van der Waals surface area contributed by atoms with Crippen LogP contribution in [0.15, 0.2) is 57.9 Å². The van der Waals surface area contributed by atoms with Gasteiger partial charge in [0.25, 0.3) is 0 Å². The smallest absolute Gasteiger partial charge is 0.243 e. The molecule has 9 heteroatoms. The SMILES string of the molecule is O=S(=O)(c1cc(F)cc(F)c1)N1CC(c2nc(-c3ccccc3)no2)C1. The van der Waals surface area contributed by atoms with E-state index in [9.17, 15) is 17.2 Å². The first-order valence-electron chi connectivity index (χ1n) is 7.79. The van der Waals surface area contributed by atoms with E-state index in [0.29, 0.717) is 17.8 Å². The Morgan fingerprint density at radius 3 is 2.35 bits per heavy atom. The van der Waals surface area contributed by atoms with E-state index >= 15 is 0 Å². The fourth-order valence-electron chi connectivity index (χ4n) is 2.72. The predicted molar refractivity (Wildman–Crippen MR) is 87.6 cm³/mol. The summed E-state index contributed by atoms with van der Waals surface area (Å²) in [5.74, 6) is -1.38. The van der Waals surface area contributed by atoms with Crippen LogP contribution in [-0.4, -0.2) is 36.0 Å². The molecule has 2 heterocycles. The molecule has 0 bridgehead atoms. The van der Waals surface area contributed by atoms with Gasteiger partial charge >= 0.3 is 0 Å². The number of halogens is 2. The van der Waals surface area contributed by atoms with Crippen LogP contribution < -0.4 is 0 Å². The maximum absolute atomic E-state index is 13.3. The lowest BCUT2D eigenvalue weighted by Crippen LogP contribution is -2.48. The highest BCUT2D eigenvalue weighted by Gasteiger charge is 2.40. The van der Waals surface area contributed by atoms with Crippen molar-refractivity contribution in [2.45, 2.75) is 10.8 Å². The predicted octanol–water partition coefficient (Wildman–Crippen LogP) is 2.80. The van der Waals surface area contributed by atoms with Crippen LogP contribution in [0.25, 0.3) is 11.4 Å². The third-order valence-electron chi connectivity index (χ3n) is 4.14. The summed E-state index contributed by atoms with van der Waals surface area (Å²) < 4.78 is 57.8. The van der Waals surface area contributed by atoms with Gasteiger partial charge in [0, 0.05) is 24.7 Å². The molecule has 1 aliphatic rings. The molecule has 134 valence electrons. The molecule has 0 spiro atoms. The molecule has 1 saturated heterocycles. The van der Waals surface area contributed by atoms with Crippen molar-refractivity contribution in [1.29, 1.82) is 0 Å². The lowest BCUT2D eigenvalue weighted by Gasteiger charge is -2.35. The van der Waals surface area contributed by atoms with E-state index in [2.05, 4.69) is 10.1 Å². The first kappa shape index (κ1) is 16.8. The number of aromatic nitrogens is 2. The zero-order chi connectivity index (χ0) is 18.3. The van der Waals surface area contributed by atoms with Gasteiger partial charge in [0.15, 0.2) is 0 Å². The Kier molecular flexibility index (Phi) is 4.04.